The van der Waals surface area contributed by atoms with Gasteiger partial charge in [0.05, 0.1) is 5.56 Å². The molecule has 0 radical (unpaired) electrons. The van der Waals surface area contributed by atoms with Gasteiger partial charge in [-0.3, -0.25) is 0 Å². The Morgan fingerprint density at radius 1 is 1.13 bits per heavy atom. The van der Waals surface area contributed by atoms with Crippen molar-refractivity contribution in [1.82, 2.24) is 0 Å². The highest BCUT2D eigenvalue weighted by Gasteiger charge is 2.43. The molecule has 0 aromatic heterocycles. The van der Waals surface area contributed by atoms with Gasteiger partial charge < -0.3 is 0 Å². The van der Waals surface area contributed by atoms with Gasteiger partial charge in [0.1, 0.15) is 0 Å². The maximum Gasteiger partial charge on any atom is 0.483 e. The third-order valence-electron chi connectivity index (χ3n) is 2.10. The predicted molar refractivity (Wildman–Crippen MR) is 58.4 cm³/mol. The van der Waals surface area contributed by atoms with E-state index in [0.29, 0.717) is 5.92 Å². The van der Waals surface area contributed by atoms with Gasteiger partial charge in [-0.25, -0.2) is 4.79 Å². The Hall–Kier alpha value is -0.800. The fraction of sp³-hybridized carbons (Fsp3) is 0.300. The van der Waals surface area contributed by atoms with Gasteiger partial charge in [-0.15, -0.1) is 0 Å². The number of carbonyl (C=O) groups excluding carboxylic acids is 1. The lowest BCUT2D eigenvalue weighted by Gasteiger charge is -2.06. The van der Waals surface area contributed by atoms with Crippen LogP contribution in [0.25, 0.3) is 0 Å². The first-order valence-corrected chi connectivity index (χ1v) is 6.19. The van der Waals surface area contributed by atoms with E-state index in [1.807, 2.05) is 13.8 Å². The minimum atomic E-state index is -4.41. The summed E-state index contributed by atoms with van der Waals surface area (Å²) in [5.41, 5.74) is 0.141. The molecule has 1 aromatic rings. The van der Waals surface area contributed by atoms with Gasteiger partial charge in [0.15, 0.2) is 0 Å². The molecular weight excluding hydrogens is 215 g/mol. The highest BCUT2D eigenvalue weighted by Crippen LogP contribution is 2.47. The van der Waals surface area contributed by atoms with E-state index in [2.05, 4.69) is 0 Å². The molecule has 0 saturated heterocycles. The molecule has 15 heavy (non-hydrogen) atoms. The summed E-state index contributed by atoms with van der Waals surface area (Å²) in [6.45, 7) is 4.02. The van der Waals surface area contributed by atoms with Crippen LogP contribution in [0.5, 0.6) is 0 Å². The molecule has 0 saturated carbocycles. The van der Waals surface area contributed by atoms with Crippen molar-refractivity contribution in [2.24, 2.45) is 0 Å². The van der Waals surface area contributed by atoms with Gasteiger partial charge in [-0.05, 0) is 23.6 Å². The van der Waals surface area contributed by atoms with Crippen LogP contribution in [-0.4, -0.2) is 20.2 Å². The van der Waals surface area contributed by atoms with Crippen LogP contribution in [0.3, 0.4) is 0 Å². The first-order chi connectivity index (χ1) is 6.82. The van der Waals surface area contributed by atoms with Crippen molar-refractivity contribution in [2.45, 2.75) is 19.8 Å². The Labute approximate surface area is 88.8 Å². The molecule has 0 heterocycles. The molecule has 0 amide bonds. The van der Waals surface area contributed by atoms with Gasteiger partial charge >= 0.3 is 13.5 Å². The van der Waals surface area contributed by atoms with Crippen LogP contribution >= 0.6 is 7.94 Å². The van der Waals surface area contributed by atoms with Crippen molar-refractivity contribution in [1.29, 1.82) is 0 Å². The van der Waals surface area contributed by atoms with Crippen LogP contribution in [0.15, 0.2) is 24.3 Å². The number of rotatable bonds is 3. The third-order valence-corrected chi connectivity index (χ3v) is 2.90. The molecule has 5 heteroatoms. The molecule has 0 aliphatic heterocycles. The van der Waals surface area contributed by atoms with Gasteiger partial charge in [-0.1, -0.05) is 26.0 Å². The summed E-state index contributed by atoms with van der Waals surface area (Å²) in [4.78, 5) is 37.6. The molecule has 4 nitrogen and oxygen atoms in total. The Balaban J connectivity index is 2.95. The summed E-state index contributed by atoms with van der Waals surface area (Å²) in [7, 11) is -4.41. The van der Waals surface area contributed by atoms with Crippen LogP contribution < -0.4 is 0 Å². The summed E-state index contributed by atoms with van der Waals surface area (Å²) >= 11 is 0. The predicted octanol–water partition coefficient (Wildman–Crippen LogP) is 1.69. The fourth-order valence-electron chi connectivity index (χ4n) is 1.18. The average Bonchev–Trinajstić information content (AvgIpc) is 2.15. The van der Waals surface area contributed by atoms with Crippen LogP contribution in [0.2, 0.25) is 0 Å². The molecular formula is C10H14O4P+. The number of hydrogen-bond acceptors (Lipinski definition) is 4. The minimum absolute atomic E-state index is 0.111. The number of hydrogen-bond donors (Lipinski definition) is 3. The van der Waals surface area contributed by atoms with E-state index in [1.54, 1.807) is 12.1 Å². The molecule has 1 aromatic carbocycles. The van der Waals surface area contributed by atoms with E-state index in [1.165, 1.54) is 12.1 Å². The van der Waals surface area contributed by atoms with Gasteiger partial charge in [0.25, 0.3) is 0 Å². The van der Waals surface area contributed by atoms with Crippen molar-refractivity contribution in [3.05, 3.63) is 35.4 Å². The number of benzene rings is 1. The summed E-state index contributed by atoms with van der Waals surface area (Å²) in [5.74, 6) is 0.339. The first kappa shape index (κ1) is 12.3. The molecule has 0 spiro atoms. The molecule has 1 rings (SSSR count). The molecule has 0 atom stereocenters. The highest BCUT2D eigenvalue weighted by atomic mass is 31.2. The second-order valence-corrected chi connectivity index (χ2v) is 5.19. The molecule has 82 valence electrons. The smallest absolute Gasteiger partial charge is 0.238 e. The molecule has 3 N–H and O–H groups in total. The molecule has 0 aliphatic carbocycles. The second-order valence-electron chi connectivity index (χ2n) is 3.65. The van der Waals surface area contributed by atoms with Gasteiger partial charge in [-0.2, -0.15) is 14.7 Å². The largest absolute Gasteiger partial charge is 0.483 e. The van der Waals surface area contributed by atoms with Crippen LogP contribution in [-0.2, 0) is 0 Å². The van der Waals surface area contributed by atoms with Crippen LogP contribution in [0.4, 0.5) is 0 Å². The maximum absolute atomic E-state index is 11.2. The Kier molecular flexibility index (Phi) is 3.58. The van der Waals surface area contributed by atoms with E-state index in [0.717, 1.165) is 5.56 Å². The molecule has 0 bridgehead atoms. The molecule has 0 fully saturated rings. The summed E-state index contributed by atoms with van der Waals surface area (Å²) in [6.07, 6.45) is 0. The Morgan fingerprint density at radius 2 is 1.60 bits per heavy atom. The second kappa shape index (κ2) is 4.37. The van der Waals surface area contributed by atoms with E-state index >= 15 is 0 Å². The standard InChI is InChI=1S/C10H14O4P/c1-7(2)8-3-5-9(6-4-8)10(11)15(12,13)14/h3-7,12-14H,1-2H3/q+1. The third kappa shape index (κ3) is 3.08. The monoisotopic (exact) mass is 229 g/mol. The Morgan fingerprint density at radius 3 is 1.93 bits per heavy atom. The minimum Gasteiger partial charge on any atom is -0.238 e. The first-order valence-electron chi connectivity index (χ1n) is 4.54. The lowest BCUT2D eigenvalue weighted by molar-refractivity contribution is 0.102. The van der Waals surface area contributed by atoms with Crippen molar-refractivity contribution in [3.63, 3.8) is 0 Å². The summed E-state index contributed by atoms with van der Waals surface area (Å²) < 4.78 is 0. The van der Waals surface area contributed by atoms with Gasteiger partial charge in [0.2, 0.25) is 0 Å². The van der Waals surface area contributed by atoms with Crippen molar-refractivity contribution in [3.8, 4) is 0 Å². The molecule has 0 unspecified atom stereocenters. The lowest BCUT2D eigenvalue weighted by atomic mass is 10.0. The zero-order valence-corrected chi connectivity index (χ0v) is 9.48. The van der Waals surface area contributed by atoms with E-state index in [4.69, 9.17) is 14.7 Å². The maximum atomic E-state index is 11.2. The topological polar surface area (TPSA) is 77.8 Å². The van der Waals surface area contributed by atoms with E-state index in [9.17, 15) is 4.79 Å². The van der Waals surface area contributed by atoms with Crippen molar-refractivity contribution >= 4 is 13.5 Å². The Bertz CT molecular complexity index is 351. The molecule has 0 aliphatic rings. The SMILES string of the molecule is CC(C)c1ccc(C(=O)[P+](O)(O)O)cc1. The lowest BCUT2D eigenvalue weighted by Crippen LogP contribution is -2.05. The zero-order chi connectivity index (χ0) is 11.6. The number of carbonyl (C=O) groups is 1. The van der Waals surface area contributed by atoms with Crippen LogP contribution in [0.1, 0.15) is 35.7 Å². The average molecular weight is 229 g/mol. The van der Waals surface area contributed by atoms with Gasteiger partial charge in [0, 0.05) is 0 Å². The van der Waals surface area contributed by atoms with Crippen molar-refractivity contribution in [2.75, 3.05) is 0 Å². The van der Waals surface area contributed by atoms with E-state index < -0.39 is 13.5 Å². The highest BCUT2D eigenvalue weighted by molar-refractivity contribution is 7.76. The van der Waals surface area contributed by atoms with E-state index in [-0.39, 0.29) is 5.56 Å². The fourth-order valence-corrected chi connectivity index (χ4v) is 1.68. The summed E-state index contributed by atoms with van der Waals surface area (Å²) in [5, 5.41) is 0. The zero-order valence-electron chi connectivity index (χ0n) is 8.58. The normalized spacial score (nSPS) is 11.9. The summed E-state index contributed by atoms with van der Waals surface area (Å²) in [6, 6.07) is 6.42. The quantitative estimate of drug-likeness (QED) is 0.689. The van der Waals surface area contributed by atoms with Crippen LogP contribution in [0, 0.1) is 0 Å². The van der Waals surface area contributed by atoms with Crippen molar-refractivity contribution < 1.29 is 19.5 Å².